The Hall–Kier alpha value is -3.26. The third kappa shape index (κ3) is 4.89. The number of esters is 1. The molecule has 0 fully saturated rings. The average molecular weight is 391 g/mol. The minimum absolute atomic E-state index is 0.100. The summed E-state index contributed by atoms with van der Waals surface area (Å²) in [4.78, 5) is 35.5. The Morgan fingerprint density at radius 3 is 2.67 bits per heavy atom. The van der Waals surface area contributed by atoms with Crippen LogP contribution in [0.2, 0.25) is 5.02 Å². The van der Waals surface area contributed by atoms with Crippen molar-refractivity contribution in [2.45, 2.75) is 0 Å². The molecule has 140 valence electrons. The van der Waals surface area contributed by atoms with Crippen molar-refractivity contribution in [1.82, 2.24) is 5.32 Å². The Balaban J connectivity index is 1.42. The largest absolute Gasteiger partial charge is 0.454 e. The molecule has 2 aromatic carbocycles. The first kappa shape index (κ1) is 18.5. The summed E-state index contributed by atoms with van der Waals surface area (Å²) < 4.78 is 15.2. The highest BCUT2D eigenvalue weighted by Gasteiger charge is 2.17. The number of carbonyl (C=O) groups is 3. The van der Waals surface area contributed by atoms with Crippen LogP contribution in [0.25, 0.3) is 0 Å². The van der Waals surface area contributed by atoms with E-state index in [1.165, 1.54) is 6.07 Å². The minimum atomic E-state index is -0.751. The smallest absolute Gasteiger partial charge is 0.325 e. The van der Waals surface area contributed by atoms with Gasteiger partial charge in [0.25, 0.3) is 11.8 Å². The van der Waals surface area contributed by atoms with Gasteiger partial charge in [0, 0.05) is 5.56 Å². The molecule has 1 aliphatic rings. The summed E-state index contributed by atoms with van der Waals surface area (Å²) in [6.45, 7) is -0.778. The molecule has 0 saturated heterocycles. The Labute approximate surface area is 159 Å². The molecule has 0 spiro atoms. The number of anilines is 1. The molecule has 0 radical (unpaired) electrons. The maximum atomic E-state index is 12.1. The van der Waals surface area contributed by atoms with Crippen LogP contribution in [0.4, 0.5) is 5.69 Å². The predicted molar refractivity (Wildman–Crippen MR) is 95.9 cm³/mol. The van der Waals surface area contributed by atoms with Gasteiger partial charge in [-0.25, -0.2) is 0 Å². The number of nitrogens with one attached hydrogen (secondary N) is 2. The molecule has 3 rings (SSSR count). The third-order valence-corrected chi connectivity index (χ3v) is 3.87. The Morgan fingerprint density at radius 2 is 1.85 bits per heavy atom. The Kier molecular flexibility index (Phi) is 5.77. The normalized spacial score (nSPS) is 11.6. The zero-order valence-electron chi connectivity index (χ0n) is 14.0. The summed E-state index contributed by atoms with van der Waals surface area (Å²) >= 11 is 5.92. The summed E-state index contributed by atoms with van der Waals surface area (Å²) in [6, 6.07) is 11.3. The first-order valence-corrected chi connectivity index (χ1v) is 8.28. The summed E-state index contributed by atoms with van der Waals surface area (Å²) in [5.74, 6) is -0.764. The molecule has 9 heteroatoms. The van der Waals surface area contributed by atoms with Gasteiger partial charge < -0.3 is 24.8 Å². The lowest BCUT2D eigenvalue weighted by Crippen LogP contribution is -2.32. The van der Waals surface area contributed by atoms with Gasteiger partial charge in [0.1, 0.15) is 6.54 Å². The second-order valence-electron chi connectivity index (χ2n) is 5.44. The molecule has 0 aromatic heterocycles. The van der Waals surface area contributed by atoms with E-state index in [9.17, 15) is 14.4 Å². The van der Waals surface area contributed by atoms with E-state index in [0.29, 0.717) is 27.8 Å². The second kappa shape index (κ2) is 8.41. The molecule has 2 N–H and O–H groups in total. The minimum Gasteiger partial charge on any atom is -0.454 e. The molecule has 0 bridgehead atoms. The fourth-order valence-electron chi connectivity index (χ4n) is 2.24. The lowest BCUT2D eigenvalue weighted by Gasteiger charge is -2.08. The van der Waals surface area contributed by atoms with Gasteiger partial charge >= 0.3 is 5.97 Å². The molecule has 0 atom stereocenters. The number of benzene rings is 2. The van der Waals surface area contributed by atoms with Gasteiger partial charge in [-0.3, -0.25) is 14.4 Å². The molecule has 2 aromatic rings. The van der Waals surface area contributed by atoms with Crippen molar-refractivity contribution in [3.63, 3.8) is 0 Å². The molecule has 8 nitrogen and oxygen atoms in total. The quantitative estimate of drug-likeness (QED) is 0.731. The van der Waals surface area contributed by atoms with Crippen LogP contribution in [0.5, 0.6) is 11.5 Å². The van der Waals surface area contributed by atoms with Gasteiger partial charge in [-0.1, -0.05) is 23.7 Å². The number of hydrogen-bond acceptors (Lipinski definition) is 6. The van der Waals surface area contributed by atoms with Crippen LogP contribution >= 0.6 is 11.6 Å². The number of amides is 2. The third-order valence-electron chi connectivity index (χ3n) is 3.54. The van der Waals surface area contributed by atoms with Crippen LogP contribution in [0, 0.1) is 0 Å². The average Bonchev–Trinajstić information content (AvgIpc) is 3.14. The Morgan fingerprint density at radius 1 is 1.07 bits per heavy atom. The molecule has 1 heterocycles. The van der Waals surface area contributed by atoms with Crippen LogP contribution < -0.4 is 20.1 Å². The maximum Gasteiger partial charge on any atom is 0.325 e. The van der Waals surface area contributed by atoms with Crippen molar-refractivity contribution in [2.24, 2.45) is 0 Å². The fraction of sp³-hybridized carbons (Fsp3) is 0.167. The van der Waals surface area contributed by atoms with E-state index >= 15 is 0 Å². The maximum absolute atomic E-state index is 12.1. The lowest BCUT2D eigenvalue weighted by molar-refractivity contribution is -0.146. The van der Waals surface area contributed by atoms with Crippen molar-refractivity contribution in [3.05, 3.63) is 53.1 Å². The van der Waals surface area contributed by atoms with E-state index in [4.69, 9.17) is 25.8 Å². The van der Waals surface area contributed by atoms with Gasteiger partial charge in [0.15, 0.2) is 18.1 Å². The van der Waals surface area contributed by atoms with Gasteiger partial charge in [-0.05, 0) is 30.3 Å². The summed E-state index contributed by atoms with van der Waals surface area (Å²) in [7, 11) is 0. The van der Waals surface area contributed by atoms with Crippen LogP contribution in [-0.4, -0.2) is 37.7 Å². The van der Waals surface area contributed by atoms with Crippen molar-refractivity contribution in [1.29, 1.82) is 0 Å². The van der Waals surface area contributed by atoms with Gasteiger partial charge in [-0.15, -0.1) is 0 Å². The first-order valence-electron chi connectivity index (χ1n) is 7.91. The number of halogens is 1. The highest BCUT2D eigenvalue weighted by atomic mass is 35.5. The molecule has 1 aliphatic heterocycles. The van der Waals surface area contributed by atoms with E-state index in [-0.39, 0.29) is 13.3 Å². The number of ether oxygens (including phenoxy) is 3. The second-order valence-corrected chi connectivity index (χ2v) is 5.85. The number of hydrogen-bond donors (Lipinski definition) is 2. The highest BCUT2D eigenvalue weighted by molar-refractivity contribution is 6.33. The zero-order valence-corrected chi connectivity index (χ0v) is 14.7. The summed E-state index contributed by atoms with van der Waals surface area (Å²) in [6.07, 6.45) is 0. The van der Waals surface area contributed by atoms with Gasteiger partial charge in [0.05, 0.1) is 10.7 Å². The van der Waals surface area contributed by atoms with Crippen LogP contribution in [-0.2, 0) is 14.3 Å². The van der Waals surface area contributed by atoms with Gasteiger partial charge in [-0.2, -0.15) is 0 Å². The van der Waals surface area contributed by atoms with Crippen molar-refractivity contribution in [2.75, 3.05) is 25.3 Å². The van der Waals surface area contributed by atoms with Crippen molar-refractivity contribution >= 4 is 35.1 Å². The molecule has 27 heavy (non-hydrogen) atoms. The zero-order chi connectivity index (χ0) is 19.2. The predicted octanol–water partition coefficient (Wildman–Crippen LogP) is 1.98. The number of para-hydroxylation sites is 1. The van der Waals surface area contributed by atoms with Gasteiger partial charge in [0.2, 0.25) is 6.79 Å². The van der Waals surface area contributed by atoms with E-state index in [1.807, 2.05) is 0 Å². The van der Waals surface area contributed by atoms with Crippen LogP contribution in [0.15, 0.2) is 42.5 Å². The molecular weight excluding hydrogens is 376 g/mol. The van der Waals surface area contributed by atoms with E-state index < -0.39 is 24.4 Å². The topological polar surface area (TPSA) is 103 Å². The Bertz CT molecular complexity index is 886. The standard InChI is InChI=1S/C18H15ClN2O6/c19-12-3-1-2-4-13(12)21-16(22)9-25-17(23)8-20-18(24)11-5-6-14-15(7-11)27-10-26-14/h1-7H,8-10H2,(H,20,24)(H,21,22). The molecule has 0 saturated carbocycles. The molecule has 0 aliphatic carbocycles. The van der Waals surface area contributed by atoms with E-state index in [1.54, 1.807) is 36.4 Å². The van der Waals surface area contributed by atoms with E-state index in [2.05, 4.69) is 10.6 Å². The molecule has 0 unspecified atom stereocenters. The molecule has 2 amide bonds. The van der Waals surface area contributed by atoms with E-state index in [0.717, 1.165) is 0 Å². The summed E-state index contributed by atoms with van der Waals surface area (Å²) in [5.41, 5.74) is 0.722. The number of fused-ring (bicyclic) bond motifs is 1. The SMILES string of the molecule is O=C(COC(=O)CNC(=O)c1ccc2c(c1)OCO2)Nc1ccccc1Cl. The fourth-order valence-corrected chi connectivity index (χ4v) is 2.42. The lowest BCUT2D eigenvalue weighted by atomic mass is 10.2. The van der Waals surface area contributed by atoms with Crippen molar-refractivity contribution < 1.29 is 28.6 Å². The van der Waals surface area contributed by atoms with Crippen LogP contribution in [0.1, 0.15) is 10.4 Å². The number of carbonyl (C=O) groups excluding carboxylic acids is 3. The van der Waals surface area contributed by atoms with Crippen molar-refractivity contribution in [3.8, 4) is 11.5 Å². The van der Waals surface area contributed by atoms with Crippen LogP contribution in [0.3, 0.4) is 0 Å². The monoisotopic (exact) mass is 390 g/mol. The highest BCUT2D eigenvalue weighted by Crippen LogP contribution is 2.32. The molecular formula is C18H15ClN2O6. The first-order chi connectivity index (χ1) is 13.0. The number of rotatable bonds is 6. The summed E-state index contributed by atoms with van der Waals surface area (Å²) in [5, 5.41) is 5.30.